The van der Waals surface area contributed by atoms with Gasteiger partial charge in [0.1, 0.15) is 11.6 Å². The van der Waals surface area contributed by atoms with Gasteiger partial charge < -0.3 is 11.1 Å². The van der Waals surface area contributed by atoms with Crippen molar-refractivity contribution in [3.63, 3.8) is 0 Å². The van der Waals surface area contributed by atoms with Gasteiger partial charge in [0.25, 0.3) is 0 Å². The molecule has 0 aliphatic carbocycles. The minimum atomic E-state index is -0.291. The van der Waals surface area contributed by atoms with E-state index in [0.29, 0.717) is 17.5 Å². The topological polar surface area (TPSA) is 81.1 Å². The summed E-state index contributed by atoms with van der Waals surface area (Å²) in [6.07, 6.45) is 5.89. The first-order chi connectivity index (χ1) is 15.0. The van der Waals surface area contributed by atoms with Crippen LogP contribution in [0.4, 0.5) is 10.2 Å². The Morgan fingerprint density at radius 1 is 1.32 bits per heavy atom. The Morgan fingerprint density at radius 3 is 3.00 bits per heavy atom. The first kappa shape index (κ1) is 20.7. The highest BCUT2D eigenvalue weighted by atomic mass is 79.9. The van der Waals surface area contributed by atoms with Crippen molar-refractivity contribution >= 4 is 50.1 Å². The molecule has 3 N–H and O–H groups in total. The van der Waals surface area contributed by atoms with E-state index in [9.17, 15) is 4.39 Å². The van der Waals surface area contributed by atoms with E-state index in [1.807, 2.05) is 17.8 Å². The molecule has 3 aromatic heterocycles. The molecule has 1 saturated heterocycles. The Hall–Kier alpha value is -2.23. The number of thioether (sulfide) groups is 1. The normalized spacial score (nSPS) is 18.0. The lowest BCUT2D eigenvalue weighted by Gasteiger charge is -2.26. The molecular formula is C22H22BrFN6S. The lowest BCUT2D eigenvalue weighted by atomic mass is 10.1. The summed E-state index contributed by atoms with van der Waals surface area (Å²) in [4.78, 5) is 9.41. The number of aromatic nitrogens is 4. The van der Waals surface area contributed by atoms with Crippen LogP contribution < -0.4 is 11.1 Å². The fraction of sp³-hybridized carbons (Fsp3) is 0.318. The van der Waals surface area contributed by atoms with Gasteiger partial charge in [-0.3, -0.25) is 4.98 Å². The third-order valence-electron chi connectivity index (χ3n) is 5.66. The molecule has 0 radical (unpaired) electrons. The van der Waals surface area contributed by atoms with E-state index in [0.717, 1.165) is 37.9 Å². The van der Waals surface area contributed by atoms with Gasteiger partial charge in [-0.1, -0.05) is 0 Å². The van der Waals surface area contributed by atoms with Gasteiger partial charge in [-0.25, -0.2) is 9.37 Å². The van der Waals surface area contributed by atoms with E-state index in [-0.39, 0.29) is 11.9 Å². The molecule has 5 rings (SSSR count). The highest BCUT2D eigenvalue weighted by Crippen LogP contribution is 2.33. The van der Waals surface area contributed by atoms with E-state index in [4.69, 9.17) is 10.7 Å². The lowest BCUT2D eigenvalue weighted by molar-refractivity contribution is 0.446. The first-order valence-electron chi connectivity index (χ1n) is 10.2. The summed E-state index contributed by atoms with van der Waals surface area (Å²) in [5.41, 5.74) is 10.3. The lowest BCUT2D eigenvalue weighted by Crippen LogP contribution is -2.36. The largest absolute Gasteiger partial charge is 0.383 e. The Labute approximate surface area is 192 Å². The highest BCUT2D eigenvalue weighted by molar-refractivity contribution is 9.10. The standard InChI is InChI=1S/C22H22BrFN6S/c1-12(28-16-3-2-6-31-11-16)20-19(23)21(25)30-22(29-20)17(10-27-30)14-7-13-8-15(24)4-5-18(13)26-9-14/h4-5,7-10,12,16,28H,2-3,6,11,25H2,1H3. The van der Waals surface area contributed by atoms with E-state index < -0.39 is 0 Å². The summed E-state index contributed by atoms with van der Waals surface area (Å²) in [5.74, 6) is 2.55. The van der Waals surface area contributed by atoms with E-state index >= 15 is 0 Å². The van der Waals surface area contributed by atoms with Crippen LogP contribution in [-0.2, 0) is 0 Å². The molecule has 0 bridgehead atoms. The fourth-order valence-corrected chi connectivity index (χ4v) is 5.74. The number of nitrogens with zero attached hydrogens (tertiary/aromatic N) is 4. The van der Waals surface area contributed by atoms with Crippen LogP contribution in [0.1, 0.15) is 31.5 Å². The number of benzene rings is 1. The molecular weight excluding hydrogens is 479 g/mol. The van der Waals surface area contributed by atoms with Gasteiger partial charge in [0, 0.05) is 40.5 Å². The molecule has 1 aliphatic rings. The molecule has 4 aromatic rings. The number of nitrogens with two attached hydrogens (primary N) is 1. The zero-order valence-corrected chi connectivity index (χ0v) is 19.4. The van der Waals surface area contributed by atoms with E-state index in [2.05, 4.69) is 38.3 Å². The second-order valence-corrected chi connectivity index (χ2v) is 9.80. The SMILES string of the molecule is CC(NC1CCCSC1)c1nc2c(-c3cnc4ccc(F)cc4c3)cnn2c(N)c1Br. The maximum atomic E-state index is 13.7. The molecule has 2 atom stereocenters. The molecule has 31 heavy (non-hydrogen) atoms. The summed E-state index contributed by atoms with van der Waals surface area (Å²) in [6, 6.07) is 6.96. The van der Waals surface area contributed by atoms with Crippen LogP contribution in [0.2, 0.25) is 0 Å². The monoisotopic (exact) mass is 500 g/mol. The molecule has 1 aliphatic heterocycles. The summed E-state index contributed by atoms with van der Waals surface area (Å²) >= 11 is 5.61. The van der Waals surface area contributed by atoms with Gasteiger partial charge in [-0.15, -0.1) is 0 Å². The smallest absolute Gasteiger partial charge is 0.165 e. The molecule has 1 fully saturated rings. The van der Waals surface area contributed by atoms with Crippen molar-refractivity contribution < 1.29 is 4.39 Å². The minimum Gasteiger partial charge on any atom is -0.383 e. The molecule has 0 amide bonds. The Morgan fingerprint density at radius 2 is 2.19 bits per heavy atom. The van der Waals surface area contributed by atoms with Gasteiger partial charge in [-0.2, -0.15) is 21.4 Å². The Kier molecular flexibility index (Phi) is 5.58. The van der Waals surface area contributed by atoms with Crippen LogP contribution in [-0.4, -0.2) is 37.1 Å². The molecule has 6 nitrogen and oxygen atoms in total. The highest BCUT2D eigenvalue weighted by Gasteiger charge is 2.23. The molecule has 9 heteroatoms. The van der Waals surface area contributed by atoms with Crippen LogP contribution in [0.3, 0.4) is 0 Å². The van der Waals surface area contributed by atoms with Gasteiger partial charge in [0.2, 0.25) is 0 Å². The molecule has 2 unspecified atom stereocenters. The summed E-state index contributed by atoms with van der Waals surface area (Å²) in [7, 11) is 0. The number of fused-ring (bicyclic) bond motifs is 2. The number of nitrogens with one attached hydrogen (secondary N) is 1. The molecule has 0 saturated carbocycles. The van der Waals surface area contributed by atoms with Crippen molar-refractivity contribution in [2.45, 2.75) is 31.8 Å². The number of halogens is 2. The van der Waals surface area contributed by atoms with E-state index in [1.165, 1.54) is 30.7 Å². The number of pyridine rings is 1. The Bertz CT molecular complexity index is 1270. The van der Waals surface area contributed by atoms with Crippen LogP contribution in [0.5, 0.6) is 0 Å². The van der Waals surface area contributed by atoms with Crippen LogP contribution in [0.15, 0.2) is 41.1 Å². The van der Waals surface area contributed by atoms with E-state index in [1.54, 1.807) is 23.0 Å². The zero-order valence-electron chi connectivity index (χ0n) is 17.0. The number of nitrogen functional groups attached to an aromatic ring is 1. The number of rotatable bonds is 4. The average molecular weight is 501 g/mol. The second-order valence-electron chi connectivity index (χ2n) is 7.85. The number of hydrogen-bond donors (Lipinski definition) is 2. The fourth-order valence-electron chi connectivity index (χ4n) is 4.06. The third kappa shape index (κ3) is 3.90. The minimum absolute atomic E-state index is 0.0250. The van der Waals surface area contributed by atoms with Crippen molar-refractivity contribution in [2.24, 2.45) is 0 Å². The third-order valence-corrected chi connectivity index (χ3v) is 7.69. The molecule has 4 heterocycles. The number of anilines is 1. The quantitative estimate of drug-likeness (QED) is 0.411. The summed E-state index contributed by atoms with van der Waals surface area (Å²) in [6.45, 7) is 2.11. The average Bonchev–Trinajstić information content (AvgIpc) is 3.20. The van der Waals surface area contributed by atoms with Crippen molar-refractivity contribution in [1.82, 2.24) is 24.9 Å². The summed E-state index contributed by atoms with van der Waals surface area (Å²) < 4.78 is 16.1. The maximum absolute atomic E-state index is 13.7. The second kappa shape index (κ2) is 8.37. The van der Waals surface area contributed by atoms with Crippen LogP contribution in [0, 0.1) is 5.82 Å². The van der Waals surface area contributed by atoms with Crippen molar-refractivity contribution in [1.29, 1.82) is 0 Å². The predicted octanol–water partition coefficient (Wildman–Crippen LogP) is 4.97. The summed E-state index contributed by atoms with van der Waals surface area (Å²) in [5, 5.41) is 8.87. The first-order valence-corrected chi connectivity index (χ1v) is 12.2. The van der Waals surface area contributed by atoms with Gasteiger partial charge >= 0.3 is 0 Å². The van der Waals surface area contributed by atoms with Crippen molar-refractivity contribution in [3.8, 4) is 11.1 Å². The van der Waals surface area contributed by atoms with Gasteiger partial charge in [0.15, 0.2) is 5.65 Å². The van der Waals surface area contributed by atoms with Crippen LogP contribution >= 0.6 is 27.7 Å². The van der Waals surface area contributed by atoms with Crippen molar-refractivity contribution in [3.05, 3.63) is 52.6 Å². The molecule has 1 aromatic carbocycles. The maximum Gasteiger partial charge on any atom is 0.165 e. The molecule has 160 valence electrons. The van der Waals surface area contributed by atoms with Gasteiger partial charge in [-0.05, 0) is 65.7 Å². The Balaban J connectivity index is 1.57. The number of hydrogen-bond acceptors (Lipinski definition) is 6. The molecule has 0 spiro atoms. The predicted molar refractivity (Wildman–Crippen MR) is 128 cm³/mol. The van der Waals surface area contributed by atoms with Crippen molar-refractivity contribution in [2.75, 3.05) is 17.2 Å². The zero-order chi connectivity index (χ0) is 21.5. The van der Waals surface area contributed by atoms with Gasteiger partial charge in [0.05, 0.1) is 21.9 Å². The van der Waals surface area contributed by atoms with Crippen LogP contribution in [0.25, 0.3) is 27.7 Å².